The molecule has 3 fully saturated rings. The number of carbonyl (C=O) groups is 1. The fraction of sp³-hybridized carbons (Fsp3) is 0.933. The molecule has 18 heavy (non-hydrogen) atoms. The van der Waals surface area contributed by atoms with Gasteiger partial charge in [-0.05, 0) is 56.8 Å². The molecule has 2 N–H and O–H groups in total. The van der Waals surface area contributed by atoms with Gasteiger partial charge in [-0.2, -0.15) is 0 Å². The summed E-state index contributed by atoms with van der Waals surface area (Å²) in [5, 5.41) is 0. The quantitative estimate of drug-likeness (QED) is 0.815. The van der Waals surface area contributed by atoms with E-state index in [1.54, 1.807) is 0 Å². The van der Waals surface area contributed by atoms with Crippen LogP contribution in [0, 0.1) is 23.7 Å². The minimum atomic E-state index is 0.223. The van der Waals surface area contributed by atoms with E-state index in [-0.39, 0.29) is 6.04 Å². The number of piperidine rings is 1. The van der Waals surface area contributed by atoms with Crippen LogP contribution in [0.1, 0.15) is 45.4 Å². The smallest absolute Gasteiger partial charge is 0.225 e. The van der Waals surface area contributed by atoms with Crippen LogP contribution in [0.4, 0.5) is 0 Å². The van der Waals surface area contributed by atoms with E-state index in [0.29, 0.717) is 23.7 Å². The molecular formula is C15H26N2O. The Morgan fingerprint density at radius 3 is 2.72 bits per heavy atom. The average molecular weight is 250 g/mol. The van der Waals surface area contributed by atoms with Gasteiger partial charge in [-0.3, -0.25) is 4.79 Å². The number of hydrogen-bond acceptors (Lipinski definition) is 2. The summed E-state index contributed by atoms with van der Waals surface area (Å²) in [4.78, 5) is 14.8. The zero-order valence-corrected chi connectivity index (χ0v) is 11.5. The van der Waals surface area contributed by atoms with Crippen LogP contribution in [-0.4, -0.2) is 29.9 Å². The SMILES string of the molecule is CC(N)C1CCCN(C(=O)C2CC3CCC2C3)C1. The van der Waals surface area contributed by atoms with Gasteiger partial charge >= 0.3 is 0 Å². The molecule has 2 aliphatic carbocycles. The van der Waals surface area contributed by atoms with Crippen molar-refractivity contribution in [2.45, 2.75) is 51.5 Å². The summed E-state index contributed by atoms with van der Waals surface area (Å²) >= 11 is 0. The summed E-state index contributed by atoms with van der Waals surface area (Å²) in [6, 6.07) is 0.223. The standard InChI is InChI=1S/C15H26N2O/c1-10(16)13-3-2-6-17(9-13)15(18)14-8-11-4-5-12(14)7-11/h10-14H,2-9,16H2,1H3. The van der Waals surface area contributed by atoms with Crippen molar-refractivity contribution < 1.29 is 4.79 Å². The van der Waals surface area contributed by atoms with Crippen LogP contribution < -0.4 is 5.73 Å². The zero-order valence-electron chi connectivity index (χ0n) is 11.5. The number of hydrogen-bond donors (Lipinski definition) is 1. The van der Waals surface area contributed by atoms with Crippen molar-refractivity contribution in [1.82, 2.24) is 4.90 Å². The monoisotopic (exact) mass is 250 g/mol. The summed E-state index contributed by atoms with van der Waals surface area (Å²) in [7, 11) is 0. The highest BCUT2D eigenvalue weighted by Crippen LogP contribution is 2.49. The predicted octanol–water partition coefficient (Wildman–Crippen LogP) is 2.01. The molecule has 2 saturated carbocycles. The van der Waals surface area contributed by atoms with Gasteiger partial charge in [0, 0.05) is 25.0 Å². The lowest BCUT2D eigenvalue weighted by molar-refractivity contribution is -0.139. The lowest BCUT2D eigenvalue weighted by atomic mass is 9.86. The fourth-order valence-electron chi connectivity index (χ4n) is 4.42. The van der Waals surface area contributed by atoms with Crippen LogP contribution in [0.3, 0.4) is 0 Å². The molecule has 3 heteroatoms. The number of carbonyl (C=O) groups excluding carboxylic acids is 1. The molecule has 1 saturated heterocycles. The molecule has 0 aromatic carbocycles. The molecule has 5 unspecified atom stereocenters. The first-order valence-electron chi connectivity index (χ1n) is 7.69. The lowest BCUT2D eigenvalue weighted by Crippen LogP contribution is -2.47. The van der Waals surface area contributed by atoms with Crippen molar-refractivity contribution in [2.24, 2.45) is 29.4 Å². The van der Waals surface area contributed by atoms with Gasteiger partial charge in [0.25, 0.3) is 0 Å². The molecule has 1 aliphatic heterocycles. The fourth-order valence-corrected chi connectivity index (χ4v) is 4.42. The molecule has 0 radical (unpaired) electrons. The predicted molar refractivity (Wildman–Crippen MR) is 71.9 cm³/mol. The molecule has 5 atom stereocenters. The largest absolute Gasteiger partial charge is 0.342 e. The number of likely N-dealkylation sites (tertiary alicyclic amines) is 1. The van der Waals surface area contributed by atoms with Crippen molar-refractivity contribution >= 4 is 5.91 Å². The van der Waals surface area contributed by atoms with Gasteiger partial charge in [0.15, 0.2) is 0 Å². The molecule has 1 heterocycles. The van der Waals surface area contributed by atoms with Crippen LogP contribution in [0.25, 0.3) is 0 Å². The van der Waals surface area contributed by atoms with Gasteiger partial charge in [-0.25, -0.2) is 0 Å². The van der Waals surface area contributed by atoms with Crippen molar-refractivity contribution in [3.8, 4) is 0 Å². The van der Waals surface area contributed by atoms with Crippen LogP contribution in [0.5, 0.6) is 0 Å². The Kier molecular flexibility index (Phi) is 3.35. The molecule has 3 aliphatic rings. The number of nitrogens with two attached hydrogens (primary N) is 1. The summed E-state index contributed by atoms with van der Waals surface area (Å²) < 4.78 is 0. The first-order valence-corrected chi connectivity index (χ1v) is 7.69. The highest BCUT2D eigenvalue weighted by atomic mass is 16.2. The number of nitrogens with zero attached hydrogens (tertiary/aromatic N) is 1. The Labute approximate surface area is 110 Å². The van der Waals surface area contributed by atoms with E-state index in [1.807, 2.05) is 0 Å². The van der Waals surface area contributed by atoms with Crippen LogP contribution in [0.15, 0.2) is 0 Å². The van der Waals surface area contributed by atoms with Gasteiger partial charge in [0.2, 0.25) is 5.91 Å². The second-order valence-corrected chi connectivity index (χ2v) is 6.83. The van der Waals surface area contributed by atoms with Crippen molar-refractivity contribution in [2.75, 3.05) is 13.1 Å². The van der Waals surface area contributed by atoms with Crippen molar-refractivity contribution in [1.29, 1.82) is 0 Å². The maximum atomic E-state index is 12.6. The van der Waals surface area contributed by atoms with Gasteiger partial charge < -0.3 is 10.6 Å². The molecular weight excluding hydrogens is 224 g/mol. The van der Waals surface area contributed by atoms with E-state index in [2.05, 4.69) is 11.8 Å². The zero-order chi connectivity index (χ0) is 12.7. The lowest BCUT2D eigenvalue weighted by Gasteiger charge is -2.37. The number of rotatable bonds is 2. The minimum Gasteiger partial charge on any atom is -0.342 e. The van der Waals surface area contributed by atoms with Crippen LogP contribution in [-0.2, 0) is 4.79 Å². The highest BCUT2D eigenvalue weighted by Gasteiger charge is 2.44. The summed E-state index contributed by atoms with van der Waals surface area (Å²) in [6.45, 7) is 3.95. The second-order valence-electron chi connectivity index (χ2n) is 6.83. The second kappa shape index (κ2) is 4.84. The molecule has 1 amide bonds. The third kappa shape index (κ3) is 2.18. The third-order valence-electron chi connectivity index (χ3n) is 5.57. The van der Waals surface area contributed by atoms with E-state index in [1.165, 1.54) is 32.1 Å². The summed E-state index contributed by atoms with van der Waals surface area (Å²) in [6.07, 6.45) is 7.49. The Morgan fingerprint density at radius 1 is 1.28 bits per heavy atom. The minimum absolute atomic E-state index is 0.223. The highest BCUT2D eigenvalue weighted by molar-refractivity contribution is 5.79. The van der Waals surface area contributed by atoms with Gasteiger partial charge in [-0.1, -0.05) is 6.42 Å². The molecule has 0 aromatic rings. The molecule has 0 spiro atoms. The Balaban J connectivity index is 1.62. The maximum Gasteiger partial charge on any atom is 0.225 e. The molecule has 2 bridgehead atoms. The first kappa shape index (κ1) is 12.5. The van der Waals surface area contributed by atoms with Gasteiger partial charge in [-0.15, -0.1) is 0 Å². The van der Waals surface area contributed by atoms with E-state index in [4.69, 9.17) is 5.73 Å². The number of amides is 1. The van der Waals surface area contributed by atoms with Crippen molar-refractivity contribution in [3.05, 3.63) is 0 Å². The van der Waals surface area contributed by atoms with E-state index in [9.17, 15) is 4.79 Å². The van der Waals surface area contributed by atoms with Crippen LogP contribution >= 0.6 is 0 Å². The Hall–Kier alpha value is -0.570. The maximum absolute atomic E-state index is 12.6. The Bertz CT molecular complexity index is 328. The topological polar surface area (TPSA) is 46.3 Å². The van der Waals surface area contributed by atoms with E-state index < -0.39 is 0 Å². The van der Waals surface area contributed by atoms with Crippen LogP contribution in [0.2, 0.25) is 0 Å². The average Bonchev–Trinajstić information content (AvgIpc) is 3.00. The summed E-state index contributed by atoms with van der Waals surface area (Å²) in [5.41, 5.74) is 6.01. The molecule has 3 nitrogen and oxygen atoms in total. The normalized spacial score (nSPS) is 41.1. The van der Waals surface area contributed by atoms with Crippen molar-refractivity contribution in [3.63, 3.8) is 0 Å². The molecule has 102 valence electrons. The molecule has 0 aromatic heterocycles. The van der Waals surface area contributed by atoms with E-state index >= 15 is 0 Å². The van der Waals surface area contributed by atoms with E-state index in [0.717, 1.165) is 25.4 Å². The molecule has 3 rings (SSSR count). The first-order chi connectivity index (χ1) is 8.65. The Morgan fingerprint density at radius 2 is 2.11 bits per heavy atom. The number of fused-ring (bicyclic) bond motifs is 2. The summed E-state index contributed by atoms with van der Waals surface area (Å²) in [5.74, 6) is 2.89. The van der Waals surface area contributed by atoms with Gasteiger partial charge in [0.1, 0.15) is 0 Å². The third-order valence-corrected chi connectivity index (χ3v) is 5.57. The van der Waals surface area contributed by atoms with Gasteiger partial charge in [0.05, 0.1) is 0 Å².